The van der Waals surface area contributed by atoms with Crippen molar-refractivity contribution in [3.8, 4) is 5.75 Å². The molecule has 142 valence electrons. The van der Waals surface area contributed by atoms with Crippen LogP contribution in [-0.4, -0.2) is 28.5 Å². The van der Waals surface area contributed by atoms with E-state index in [9.17, 15) is 4.79 Å². The van der Waals surface area contributed by atoms with Gasteiger partial charge >= 0.3 is 0 Å². The summed E-state index contributed by atoms with van der Waals surface area (Å²) in [6, 6.07) is 6.03. The van der Waals surface area contributed by atoms with Crippen LogP contribution in [0.5, 0.6) is 5.75 Å². The molecule has 5 nitrogen and oxygen atoms in total. The zero-order valence-corrected chi connectivity index (χ0v) is 17.7. The van der Waals surface area contributed by atoms with Crippen molar-refractivity contribution in [1.82, 2.24) is 10.2 Å². The Morgan fingerprint density at radius 2 is 2.08 bits per heavy atom. The standard InChI is InChI=1S/C19H27N3O2S2/c1-6-7-10-25-18-22-21-17(26-18)20-16(23)12-24-15-9-8-13(2)11-14(15)19(3,4)5/h8-9,11H,6-7,10,12H2,1-5H3,(H,20,21,23). The van der Waals surface area contributed by atoms with E-state index in [4.69, 9.17) is 4.74 Å². The molecule has 0 atom stereocenters. The lowest BCUT2D eigenvalue weighted by atomic mass is 9.85. The van der Waals surface area contributed by atoms with E-state index in [-0.39, 0.29) is 17.9 Å². The molecule has 1 amide bonds. The summed E-state index contributed by atoms with van der Waals surface area (Å²) in [6.07, 6.45) is 2.30. The van der Waals surface area contributed by atoms with E-state index < -0.39 is 0 Å². The van der Waals surface area contributed by atoms with Crippen LogP contribution in [0.1, 0.15) is 51.7 Å². The summed E-state index contributed by atoms with van der Waals surface area (Å²) in [4.78, 5) is 12.2. The second kappa shape index (κ2) is 9.37. The smallest absolute Gasteiger partial charge is 0.264 e. The van der Waals surface area contributed by atoms with Gasteiger partial charge < -0.3 is 4.74 Å². The number of thioether (sulfide) groups is 1. The van der Waals surface area contributed by atoms with E-state index in [2.05, 4.69) is 56.2 Å². The van der Waals surface area contributed by atoms with Crippen LogP contribution < -0.4 is 10.1 Å². The molecule has 0 saturated heterocycles. The third-order valence-electron chi connectivity index (χ3n) is 3.68. The average Bonchev–Trinajstić information content (AvgIpc) is 3.00. The molecule has 2 rings (SSSR count). The van der Waals surface area contributed by atoms with Crippen LogP contribution >= 0.6 is 23.1 Å². The van der Waals surface area contributed by atoms with Crippen molar-refractivity contribution in [3.63, 3.8) is 0 Å². The molecule has 1 aromatic heterocycles. The average molecular weight is 394 g/mol. The van der Waals surface area contributed by atoms with Crippen LogP contribution in [0.3, 0.4) is 0 Å². The zero-order chi connectivity index (χ0) is 19.2. The third-order valence-corrected chi connectivity index (χ3v) is 5.74. The molecule has 0 aliphatic carbocycles. The van der Waals surface area contributed by atoms with E-state index in [0.29, 0.717) is 5.13 Å². The van der Waals surface area contributed by atoms with Crippen molar-refractivity contribution in [1.29, 1.82) is 0 Å². The lowest BCUT2D eigenvalue weighted by Gasteiger charge is -2.23. The monoisotopic (exact) mass is 393 g/mol. The van der Waals surface area contributed by atoms with Crippen molar-refractivity contribution < 1.29 is 9.53 Å². The summed E-state index contributed by atoms with van der Waals surface area (Å²) in [5, 5.41) is 11.4. The van der Waals surface area contributed by atoms with Crippen LogP contribution in [-0.2, 0) is 10.2 Å². The van der Waals surface area contributed by atoms with Crippen molar-refractivity contribution in [2.45, 2.75) is 57.2 Å². The third kappa shape index (κ3) is 6.29. The Bertz CT molecular complexity index is 739. The molecule has 0 saturated carbocycles. The Hall–Kier alpha value is -1.60. The number of unbranched alkanes of at least 4 members (excludes halogenated alkanes) is 1. The number of hydrogen-bond acceptors (Lipinski definition) is 6. The highest BCUT2D eigenvalue weighted by atomic mass is 32.2. The number of ether oxygens (including phenoxy) is 1. The van der Waals surface area contributed by atoms with Gasteiger partial charge in [-0.15, -0.1) is 10.2 Å². The molecule has 0 fully saturated rings. The first-order chi connectivity index (χ1) is 12.3. The van der Waals surface area contributed by atoms with Gasteiger partial charge in [-0.25, -0.2) is 0 Å². The van der Waals surface area contributed by atoms with E-state index >= 15 is 0 Å². The van der Waals surface area contributed by atoms with Gasteiger partial charge in [0.05, 0.1) is 0 Å². The first-order valence-corrected chi connectivity index (χ1v) is 10.6. The first-order valence-electron chi connectivity index (χ1n) is 8.79. The lowest BCUT2D eigenvalue weighted by Crippen LogP contribution is -2.22. The fourth-order valence-electron chi connectivity index (χ4n) is 2.28. The molecule has 0 spiro atoms. The van der Waals surface area contributed by atoms with Gasteiger partial charge in [0.15, 0.2) is 10.9 Å². The Labute approximate surface area is 163 Å². The predicted molar refractivity (Wildman–Crippen MR) is 110 cm³/mol. The summed E-state index contributed by atoms with van der Waals surface area (Å²) in [7, 11) is 0. The molecule has 1 aromatic carbocycles. The molecule has 26 heavy (non-hydrogen) atoms. The predicted octanol–water partition coefficient (Wildman–Crippen LogP) is 5.05. The number of aryl methyl sites for hydroxylation is 1. The number of aromatic nitrogens is 2. The summed E-state index contributed by atoms with van der Waals surface area (Å²) >= 11 is 3.07. The molecular weight excluding hydrogens is 366 g/mol. The number of hydrogen-bond donors (Lipinski definition) is 1. The molecule has 0 bridgehead atoms. The first kappa shape index (κ1) is 20.7. The SMILES string of the molecule is CCCCSc1nnc(NC(=O)COc2ccc(C)cc2C(C)(C)C)s1. The number of nitrogens with one attached hydrogen (secondary N) is 1. The Kier molecular flexibility index (Phi) is 7.46. The summed E-state index contributed by atoms with van der Waals surface area (Å²) in [5.41, 5.74) is 2.21. The molecule has 1 N–H and O–H groups in total. The fraction of sp³-hybridized carbons (Fsp3) is 0.526. The van der Waals surface area contributed by atoms with E-state index in [1.54, 1.807) is 11.8 Å². The van der Waals surface area contributed by atoms with Crippen LogP contribution in [0.4, 0.5) is 5.13 Å². The Morgan fingerprint density at radius 1 is 1.31 bits per heavy atom. The van der Waals surface area contributed by atoms with Gasteiger partial charge in [-0.1, -0.05) is 74.9 Å². The molecule has 0 aliphatic rings. The number of nitrogens with zero attached hydrogens (tertiary/aromatic N) is 2. The minimum Gasteiger partial charge on any atom is -0.483 e. The quantitative estimate of drug-likeness (QED) is 0.386. The molecule has 0 aliphatic heterocycles. The van der Waals surface area contributed by atoms with Gasteiger partial charge in [0.2, 0.25) is 5.13 Å². The fourth-order valence-corrected chi connectivity index (χ4v) is 4.20. The highest BCUT2D eigenvalue weighted by molar-refractivity contribution is 8.01. The van der Waals surface area contributed by atoms with Crippen molar-refractivity contribution in [3.05, 3.63) is 29.3 Å². The van der Waals surface area contributed by atoms with E-state index in [1.807, 2.05) is 12.1 Å². The van der Waals surface area contributed by atoms with Crippen LogP contribution in [0.25, 0.3) is 0 Å². The van der Waals surface area contributed by atoms with Gasteiger partial charge in [-0.2, -0.15) is 0 Å². The highest BCUT2D eigenvalue weighted by Crippen LogP contribution is 2.32. The van der Waals surface area contributed by atoms with Crippen molar-refractivity contribution >= 4 is 34.1 Å². The van der Waals surface area contributed by atoms with Crippen LogP contribution in [0.15, 0.2) is 22.5 Å². The minimum atomic E-state index is -0.230. The number of rotatable bonds is 8. The molecule has 2 aromatic rings. The normalized spacial score (nSPS) is 11.4. The Balaban J connectivity index is 1.91. The molecule has 1 heterocycles. The maximum Gasteiger partial charge on any atom is 0.264 e. The Morgan fingerprint density at radius 3 is 2.77 bits per heavy atom. The summed E-state index contributed by atoms with van der Waals surface area (Å²) in [6.45, 7) is 10.6. The molecule has 0 radical (unpaired) electrons. The largest absolute Gasteiger partial charge is 0.483 e. The minimum absolute atomic E-state index is 0.0516. The van der Waals surface area contributed by atoms with Crippen LogP contribution in [0.2, 0.25) is 0 Å². The zero-order valence-electron chi connectivity index (χ0n) is 16.1. The van der Waals surface area contributed by atoms with Gasteiger partial charge in [-0.3, -0.25) is 10.1 Å². The second-order valence-corrected chi connectivity index (χ2v) is 9.48. The van der Waals surface area contributed by atoms with Gasteiger partial charge in [0.1, 0.15) is 5.75 Å². The van der Waals surface area contributed by atoms with Gasteiger partial charge in [0, 0.05) is 5.75 Å². The molecular formula is C19H27N3O2S2. The van der Waals surface area contributed by atoms with E-state index in [1.165, 1.54) is 16.9 Å². The number of carbonyl (C=O) groups is 1. The van der Waals surface area contributed by atoms with Gasteiger partial charge in [-0.05, 0) is 30.4 Å². The van der Waals surface area contributed by atoms with E-state index in [0.717, 1.165) is 34.2 Å². The molecule has 0 unspecified atom stereocenters. The highest BCUT2D eigenvalue weighted by Gasteiger charge is 2.20. The number of anilines is 1. The summed E-state index contributed by atoms with van der Waals surface area (Å²) < 4.78 is 6.66. The maximum atomic E-state index is 12.2. The molecule has 7 heteroatoms. The number of benzene rings is 1. The maximum absolute atomic E-state index is 12.2. The second-order valence-electron chi connectivity index (χ2n) is 7.16. The van der Waals surface area contributed by atoms with Crippen molar-refractivity contribution in [2.75, 3.05) is 17.7 Å². The number of amides is 1. The van der Waals surface area contributed by atoms with Crippen molar-refractivity contribution in [2.24, 2.45) is 0 Å². The topological polar surface area (TPSA) is 64.1 Å². The van der Waals surface area contributed by atoms with Gasteiger partial charge in [0.25, 0.3) is 5.91 Å². The lowest BCUT2D eigenvalue weighted by molar-refractivity contribution is -0.118. The number of carbonyl (C=O) groups excluding carboxylic acids is 1. The summed E-state index contributed by atoms with van der Waals surface area (Å²) in [5.74, 6) is 1.53. The van der Waals surface area contributed by atoms with Crippen LogP contribution in [0, 0.1) is 6.92 Å².